The van der Waals surface area contributed by atoms with Gasteiger partial charge in [0.2, 0.25) is 0 Å². The molecule has 3 N–H and O–H groups in total. The average molecular weight is 226 g/mol. The van der Waals surface area contributed by atoms with Crippen molar-refractivity contribution < 1.29 is 0 Å². The van der Waals surface area contributed by atoms with E-state index < -0.39 is 0 Å². The summed E-state index contributed by atoms with van der Waals surface area (Å²) in [6.07, 6.45) is 2.01. The van der Waals surface area contributed by atoms with E-state index in [4.69, 9.17) is 5.73 Å². The van der Waals surface area contributed by atoms with E-state index in [2.05, 4.69) is 35.2 Å². The maximum atomic E-state index is 5.72. The Hall–Kier alpha value is -2.23. The Balaban J connectivity index is 2.32. The van der Waals surface area contributed by atoms with Gasteiger partial charge in [-0.05, 0) is 12.5 Å². The first kappa shape index (κ1) is 9.96. The van der Waals surface area contributed by atoms with Gasteiger partial charge in [-0.2, -0.15) is 5.10 Å². The Morgan fingerprint density at radius 2 is 2.18 bits per heavy atom. The van der Waals surface area contributed by atoms with E-state index in [-0.39, 0.29) is 0 Å². The number of para-hydroxylation sites is 1. The first-order chi connectivity index (χ1) is 8.16. The summed E-state index contributed by atoms with van der Waals surface area (Å²) >= 11 is 0. The van der Waals surface area contributed by atoms with Gasteiger partial charge in [-0.25, -0.2) is 0 Å². The van der Waals surface area contributed by atoms with Gasteiger partial charge in [0.1, 0.15) is 5.82 Å². The first-order valence-electron chi connectivity index (χ1n) is 5.53. The molecule has 4 heteroatoms. The van der Waals surface area contributed by atoms with Crippen LogP contribution in [0.4, 0.5) is 5.82 Å². The van der Waals surface area contributed by atoms with E-state index in [1.807, 2.05) is 19.3 Å². The molecule has 0 aliphatic rings. The summed E-state index contributed by atoms with van der Waals surface area (Å²) in [4.78, 5) is 3.31. The minimum atomic E-state index is 0.546. The third kappa shape index (κ3) is 1.41. The number of nitrogens with zero attached hydrogens (tertiary/aromatic N) is 2. The quantitative estimate of drug-likeness (QED) is 0.669. The molecule has 4 nitrogen and oxygen atoms in total. The molecule has 0 aliphatic carbocycles. The van der Waals surface area contributed by atoms with Crippen LogP contribution < -0.4 is 5.73 Å². The summed E-state index contributed by atoms with van der Waals surface area (Å²) in [5, 5.41) is 5.38. The van der Waals surface area contributed by atoms with Crippen molar-refractivity contribution in [2.24, 2.45) is 7.05 Å². The van der Waals surface area contributed by atoms with E-state index >= 15 is 0 Å². The monoisotopic (exact) mass is 226 g/mol. The van der Waals surface area contributed by atoms with Gasteiger partial charge in [0.25, 0.3) is 0 Å². The van der Waals surface area contributed by atoms with Crippen molar-refractivity contribution in [3.05, 3.63) is 36.0 Å². The van der Waals surface area contributed by atoms with E-state index in [0.717, 1.165) is 11.3 Å². The van der Waals surface area contributed by atoms with Gasteiger partial charge >= 0.3 is 0 Å². The van der Waals surface area contributed by atoms with Gasteiger partial charge in [0.15, 0.2) is 0 Å². The molecular formula is C13H14N4. The topological polar surface area (TPSA) is 59.6 Å². The molecule has 3 rings (SSSR count). The number of benzene rings is 1. The van der Waals surface area contributed by atoms with Crippen molar-refractivity contribution in [1.82, 2.24) is 14.8 Å². The van der Waals surface area contributed by atoms with E-state index in [9.17, 15) is 0 Å². The summed E-state index contributed by atoms with van der Waals surface area (Å²) in [5.74, 6) is 0.546. The van der Waals surface area contributed by atoms with E-state index in [0.29, 0.717) is 5.82 Å². The molecule has 0 aliphatic heterocycles. The van der Waals surface area contributed by atoms with Crippen LogP contribution in [0.15, 0.2) is 30.5 Å². The summed E-state index contributed by atoms with van der Waals surface area (Å²) in [6, 6.07) is 8.16. The number of hydrogen-bond acceptors (Lipinski definition) is 2. The molecule has 0 saturated carbocycles. The summed E-state index contributed by atoms with van der Waals surface area (Å²) in [5.41, 5.74) is 10.3. The molecule has 0 fully saturated rings. The third-order valence-corrected chi connectivity index (χ3v) is 3.10. The molecule has 3 aromatic rings. The van der Waals surface area contributed by atoms with E-state index in [1.54, 1.807) is 4.68 Å². The predicted molar refractivity (Wildman–Crippen MR) is 69.7 cm³/mol. The molecule has 1 aromatic carbocycles. The number of H-pyrrole nitrogens is 1. The molecule has 0 spiro atoms. The fourth-order valence-corrected chi connectivity index (χ4v) is 2.26. The van der Waals surface area contributed by atoms with Gasteiger partial charge in [-0.15, -0.1) is 0 Å². The lowest BCUT2D eigenvalue weighted by Crippen LogP contribution is -1.94. The van der Waals surface area contributed by atoms with Crippen LogP contribution in [-0.2, 0) is 7.05 Å². The highest BCUT2D eigenvalue weighted by Gasteiger charge is 2.11. The number of nitrogen functional groups attached to an aromatic ring is 1. The zero-order valence-electron chi connectivity index (χ0n) is 9.86. The Morgan fingerprint density at radius 3 is 2.88 bits per heavy atom. The second kappa shape index (κ2) is 3.38. The molecule has 0 saturated heterocycles. The van der Waals surface area contributed by atoms with Crippen LogP contribution in [0.1, 0.15) is 5.56 Å². The lowest BCUT2D eigenvalue weighted by atomic mass is 10.1. The number of nitrogens with two attached hydrogens (primary N) is 1. The number of rotatable bonds is 1. The fourth-order valence-electron chi connectivity index (χ4n) is 2.26. The van der Waals surface area contributed by atoms with Gasteiger partial charge in [-0.3, -0.25) is 4.68 Å². The third-order valence-electron chi connectivity index (χ3n) is 3.10. The largest absolute Gasteiger partial charge is 0.382 e. The molecule has 0 bridgehead atoms. The molecule has 17 heavy (non-hydrogen) atoms. The van der Waals surface area contributed by atoms with Crippen LogP contribution in [-0.4, -0.2) is 14.8 Å². The number of hydrogen-bond donors (Lipinski definition) is 2. The van der Waals surface area contributed by atoms with Crippen LogP contribution in [0, 0.1) is 6.92 Å². The molecule has 0 amide bonds. The summed E-state index contributed by atoms with van der Waals surface area (Å²) in [7, 11) is 1.90. The molecule has 0 atom stereocenters. The molecule has 0 unspecified atom stereocenters. The maximum Gasteiger partial charge on any atom is 0.146 e. The predicted octanol–water partition coefficient (Wildman–Crippen LogP) is 2.46. The average Bonchev–Trinajstić information content (AvgIpc) is 2.83. The molecule has 2 aromatic heterocycles. The number of nitrogens with one attached hydrogen (secondary N) is 1. The zero-order chi connectivity index (χ0) is 12.0. The lowest BCUT2D eigenvalue weighted by molar-refractivity contribution is 0.781. The summed E-state index contributed by atoms with van der Waals surface area (Å²) < 4.78 is 1.81. The van der Waals surface area contributed by atoms with Crippen molar-refractivity contribution in [2.45, 2.75) is 6.92 Å². The van der Waals surface area contributed by atoms with Gasteiger partial charge < -0.3 is 10.7 Å². The Morgan fingerprint density at radius 1 is 1.35 bits per heavy atom. The second-order valence-electron chi connectivity index (χ2n) is 4.28. The number of anilines is 1. The highest BCUT2D eigenvalue weighted by molar-refractivity contribution is 5.96. The summed E-state index contributed by atoms with van der Waals surface area (Å²) in [6.45, 7) is 2.10. The zero-order valence-corrected chi connectivity index (χ0v) is 9.86. The van der Waals surface area contributed by atoms with Gasteiger partial charge in [0, 0.05) is 35.8 Å². The number of fused-ring (bicyclic) bond motifs is 1. The minimum Gasteiger partial charge on any atom is -0.382 e. The van der Waals surface area contributed by atoms with Crippen LogP contribution in [0.5, 0.6) is 0 Å². The molecule has 0 radical (unpaired) electrons. The van der Waals surface area contributed by atoms with Gasteiger partial charge in [-0.1, -0.05) is 18.2 Å². The minimum absolute atomic E-state index is 0.546. The highest BCUT2D eigenvalue weighted by atomic mass is 15.3. The van der Waals surface area contributed by atoms with Crippen LogP contribution in [0.25, 0.3) is 22.2 Å². The molecular weight excluding hydrogens is 212 g/mol. The van der Waals surface area contributed by atoms with E-state index in [1.165, 1.54) is 16.5 Å². The smallest absolute Gasteiger partial charge is 0.146 e. The standard InChI is InChI=1S/C13H14N4/c1-8-4-3-5-9-10(7-15-13(8)9)11-6-12(14)16-17(11)2/h3-7,15H,1-2H3,(H2,14,16). The van der Waals surface area contributed by atoms with Crippen LogP contribution >= 0.6 is 0 Å². The van der Waals surface area contributed by atoms with Crippen LogP contribution in [0.2, 0.25) is 0 Å². The SMILES string of the molecule is Cc1cccc2c(-c3cc(N)nn3C)c[nH]c12. The second-order valence-corrected chi connectivity index (χ2v) is 4.28. The van der Waals surface area contributed by atoms with Crippen molar-refractivity contribution in [2.75, 3.05) is 5.73 Å². The molecule has 86 valence electrons. The van der Waals surface area contributed by atoms with Crippen molar-refractivity contribution >= 4 is 16.7 Å². The van der Waals surface area contributed by atoms with Crippen molar-refractivity contribution in [3.63, 3.8) is 0 Å². The number of aromatic amines is 1. The van der Waals surface area contributed by atoms with Crippen LogP contribution in [0.3, 0.4) is 0 Å². The first-order valence-corrected chi connectivity index (χ1v) is 5.53. The lowest BCUT2D eigenvalue weighted by Gasteiger charge is -2.00. The highest BCUT2D eigenvalue weighted by Crippen LogP contribution is 2.30. The number of aromatic nitrogens is 3. The Labute approximate surface area is 99.1 Å². The fraction of sp³-hybridized carbons (Fsp3) is 0.154. The number of aryl methyl sites for hydroxylation is 2. The van der Waals surface area contributed by atoms with Gasteiger partial charge in [0.05, 0.1) is 5.69 Å². The molecule has 2 heterocycles. The maximum absolute atomic E-state index is 5.72. The van der Waals surface area contributed by atoms with Crippen molar-refractivity contribution in [3.8, 4) is 11.3 Å². The van der Waals surface area contributed by atoms with Crippen molar-refractivity contribution in [1.29, 1.82) is 0 Å². The Kier molecular flexibility index (Phi) is 1.98. The Bertz CT molecular complexity index is 691. The normalized spacial score (nSPS) is 11.2.